The van der Waals surface area contributed by atoms with Crippen molar-refractivity contribution >= 4 is 47.3 Å². The monoisotopic (exact) mass is 478 g/mol. The SMILES string of the molecule is CC(C)(C)OC(=O)NC1CN(c2c(N)cnc3ccsc23)CCC1O[Si](C)(C)C(C)(C)C. The van der Waals surface area contributed by atoms with Gasteiger partial charge >= 0.3 is 6.09 Å². The van der Waals surface area contributed by atoms with Gasteiger partial charge in [-0.25, -0.2) is 4.79 Å². The van der Waals surface area contributed by atoms with Crippen LogP contribution in [0.4, 0.5) is 16.2 Å². The first kappa shape index (κ1) is 24.8. The Morgan fingerprint density at radius 3 is 2.59 bits per heavy atom. The van der Waals surface area contributed by atoms with E-state index in [1.807, 2.05) is 32.2 Å². The van der Waals surface area contributed by atoms with E-state index < -0.39 is 20.0 Å². The molecule has 3 rings (SSSR count). The zero-order valence-corrected chi connectivity index (χ0v) is 22.4. The van der Waals surface area contributed by atoms with Gasteiger partial charge in [-0.3, -0.25) is 4.98 Å². The number of amides is 1. The lowest BCUT2D eigenvalue weighted by molar-refractivity contribution is 0.0414. The highest BCUT2D eigenvalue weighted by molar-refractivity contribution is 7.17. The number of ether oxygens (including phenoxy) is 1. The largest absolute Gasteiger partial charge is 0.444 e. The molecule has 7 nitrogen and oxygen atoms in total. The van der Waals surface area contributed by atoms with Crippen LogP contribution in [0.25, 0.3) is 10.2 Å². The molecular formula is C23H38N4O3SSi. The second kappa shape index (κ2) is 8.83. The number of fused-ring (bicyclic) bond motifs is 1. The molecule has 1 amide bonds. The molecule has 2 unspecified atom stereocenters. The molecule has 0 aromatic carbocycles. The Bertz CT molecular complexity index is 964. The Morgan fingerprint density at radius 1 is 1.28 bits per heavy atom. The van der Waals surface area contributed by atoms with E-state index in [0.717, 1.165) is 28.9 Å². The number of nitrogens with two attached hydrogens (primary N) is 1. The standard InChI is InChI=1S/C23H38N4O3SSi/c1-22(2,3)29-21(28)26-17-14-27(11-9-18(17)30-32(7,8)23(4,5)6)19-15(24)13-25-16-10-12-31-20(16)19/h10,12-13,17-18H,9,11,14,24H2,1-8H3,(H,26,28). The minimum Gasteiger partial charge on any atom is -0.444 e. The van der Waals surface area contributed by atoms with E-state index in [-0.39, 0.29) is 17.2 Å². The van der Waals surface area contributed by atoms with E-state index in [4.69, 9.17) is 14.9 Å². The second-order valence-corrected chi connectivity index (χ2v) is 16.8. The number of hydrogen-bond acceptors (Lipinski definition) is 7. The molecule has 9 heteroatoms. The lowest BCUT2D eigenvalue weighted by atomic mass is 10.0. The summed E-state index contributed by atoms with van der Waals surface area (Å²) in [6.45, 7) is 18.2. The van der Waals surface area contributed by atoms with Crippen molar-refractivity contribution in [1.29, 1.82) is 0 Å². The van der Waals surface area contributed by atoms with Gasteiger partial charge in [0.2, 0.25) is 0 Å². The van der Waals surface area contributed by atoms with Crippen molar-refractivity contribution in [2.75, 3.05) is 23.7 Å². The van der Waals surface area contributed by atoms with E-state index >= 15 is 0 Å². The summed E-state index contributed by atoms with van der Waals surface area (Å²) >= 11 is 1.64. The normalized spacial score (nSPS) is 20.4. The second-order valence-electron chi connectivity index (χ2n) is 11.1. The number of pyridine rings is 1. The molecule has 0 aliphatic carbocycles. The van der Waals surface area contributed by atoms with E-state index in [0.29, 0.717) is 12.2 Å². The molecule has 0 bridgehead atoms. The first-order chi connectivity index (χ1) is 14.7. The molecular weight excluding hydrogens is 440 g/mol. The molecule has 0 radical (unpaired) electrons. The van der Waals surface area contributed by atoms with Gasteiger partial charge in [-0.2, -0.15) is 0 Å². The lowest BCUT2D eigenvalue weighted by Gasteiger charge is -2.46. The number of hydrogen-bond donors (Lipinski definition) is 2. The predicted octanol–water partition coefficient (Wildman–Crippen LogP) is 5.37. The number of carbonyl (C=O) groups is 1. The molecule has 0 spiro atoms. The van der Waals surface area contributed by atoms with Gasteiger partial charge in [-0.1, -0.05) is 20.8 Å². The van der Waals surface area contributed by atoms with E-state index in [2.05, 4.69) is 49.1 Å². The first-order valence-electron chi connectivity index (χ1n) is 11.2. The Morgan fingerprint density at radius 2 is 1.97 bits per heavy atom. The van der Waals surface area contributed by atoms with E-state index in [9.17, 15) is 4.79 Å². The van der Waals surface area contributed by atoms with Gasteiger partial charge < -0.3 is 25.1 Å². The molecule has 3 heterocycles. The lowest BCUT2D eigenvalue weighted by Crippen LogP contribution is -2.59. The summed E-state index contributed by atoms with van der Waals surface area (Å²) in [6, 6.07) is 1.79. The van der Waals surface area contributed by atoms with Crippen molar-refractivity contribution in [2.24, 2.45) is 0 Å². The Balaban J connectivity index is 1.88. The van der Waals surface area contributed by atoms with E-state index in [1.165, 1.54) is 0 Å². The highest BCUT2D eigenvalue weighted by Crippen LogP contribution is 2.40. The molecule has 1 aliphatic rings. The summed E-state index contributed by atoms with van der Waals surface area (Å²) in [5, 5.41) is 5.22. The maximum atomic E-state index is 12.7. The third kappa shape index (κ3) is 5.55. The van der Waals surface area contributed by atoms with Crippen LogP contribution in [-0.2, 0) is 9.16 Å². The van der Waals surface area contributed by atoms with Crippen LogP contribution >= 0.6 is 11.3 Å². The number of rotatable bonds is 4. The average molecular weight is 479 g/mol. The number of alkyl carbamates (subject to hydrolysis) is 1. The third-order valence-corrected chi connectivity index (χ3v) is 11.7. The summed E-state index contributed by atoms with van der Waals surface area (Å²) in [5.41, 5.74) is 8.39. The minimum absolute atomic E-state index is 0.0819. The van der Waals surface area contributed by atoms with Crippen molar-refractivity contribution in [2.45, 2.75) is 83.8 Å². The van der Waals surface area contributed by atoms with Crippen LogP contribution in [0.3, 0.4) is 0 Å². The van der Waals surface area contributed by atoms with Gasteiger partial charge in [0, 0.05) is 13.1 Å². The number of aromatic nitrogens is 1. The van der Waals surface area contributed by atoms with Gasteiger partial charge in [-0.05, 0) is 56.8 Å². The summed E-state index contributed by atoms with van der Waals surface area (Å²) in [7, 11) is -2.02. The molecule has 1 aliphatic heterocycles. The molecule has 1 fully saturated rings. The van der Waals surface area contributed by atoms with Crippen LogP contribution in [0.15, 0.2) is 17.6 Å². The number of nitrogen functional groups attached to an aromatic ring is 1. The summed E-state index contributed by atoms with van der Waals surface area (Å²) in [6.07, 6.45) is 2.01. The van der Waals surface area contributed by atoms with Gasteiger partial charge in [0.25, 0.3) is 0 Å². The average Bonchev–Trinajstić information content (AvgIpc) is 3.09. The third-order valence-electron chi connectivity index (χ3n) is 6.30. The fourth-order valence-corrected chi connectivity index (χ4v) is 5.99. The molecule has 2 aromatic heterocycles. The van der Waals surface area contributed by atoms with Crippen molar-refractivity contribution in [3.8, 4) is 0 Å². The first-order valence-corrected chi connectivity index (χ1v) is 15.0. The fraction of sp³-hybridized carbons (Fsp3) is 0.652. The number of anilines is 2. The minimum atomic E-state index is -2.02. The van der Waals surface area contributed by atoms with E-state index in [1.54, 1.807) is 17.5 Å². The van der Waals surface area contributed by atoms with Gasteiger partial charge in [-0.15, -0.1) is 11.3 Å². The summed E-state index contributed by atoms with van der Waals surface area (Å²) in [4.78, 5) is 19.4. The number of nitrogens with one attached hydrogen (secondary N) is 1. The Hall–Kier alpha value is -1.84. The highest BCUT2D eigenvalue weighted by Gasteiger charge is 2.43. The van der Waals surface area contributed by atoms with Gasteiger partial charge in [0.05, 0.1) is 39.9 Å². The molecule has 3 N–H and O–H groups in total. The number of carbonyl (C=O) groups excluding carboxylic acids is 1. The molecule has 2 aromatic rings. The van der Waals surface area contributed by atoms with Gasteiger partial charge in [0.15, 0.2) is 8.32 Å². The van der Waals surface area contributed by atoms with Crippen LogP contribution in [0, 0.1) is 0 Å². The zero-order valence-electron chi connectivity index (χ0n) is 20.6. The van der Waals surface area contributed by atoms with Crippen molar-refractivity contribution < 1.29 is 14.0 Å². The van der Waals surface area contributed by atoms with Crippen LogP contribution in [0.2, 0.25) is 18.1 Å². The molecule has 32 heavy (non-hydrogen) atoms. The predicted molar refractivity (Wildman–Crippen MR) is 136 cm³/mol. The van der Waals surface area contributed by atoms with Gasteiger partial charge in [0.1, 0.15) is 5.60 Å². The summed E-state index contributed by atoms with van der Waals surface area (Å²) < 4.78 is 13.4. The number of thiophene rings is 1. The van der Waals surface area contributed by atoms with Crippen molar-refractivity contribution in [3.63, 3.8) is 0 Å². The number of piperidine rings is 1. The Kier molecular flexibility index (Phi) is 6.84. The smallest absolute Gasteiger partial charge is 0.408 e. The van der Waals surface area contributed by atoms with Crippen LogP contribution in [-0.4, -0.2) is 50.2 Å². The molecule has 2 atom stereocenters. The van der Waals surface area contributed by atoms with Crippen molar-refractivity contribution in [1.82, 2.24) is 10.3 Å². The maximum absolute atomic E-state index is 12.7. The maximum Gasteiger partial charge on any atom is 0.408 e. The number of nitrogens with zero attached hydrogens (tertiary/aromatic N) is 2. The molecule has 178 valence electrons. The van der Waals surface area contributed by atoms with Crippen LogP contribution in [0.5, 0.6) is 0 Å². The quantitative estimate of drug-likeness (QED) is 0.574. The van der Waals surface area contributed by atoms with Crippen LogP contribution in [0.1, 0.15) is 48.0 Å². The summed E-state index contributed by atoms with van der Waals surface area (Å²) in [5.74, 6) is 0. The molecule has 0 saturated carbocycles. The highest BCUT2D eigenvalue weighted by atomic mass is 32.1. The topological polar surface area (TPSA) is 89.7 Å². The van der Waals surface area contributed by atoms with Crippen molar-refractivity contribution in [3.05, 3.63) is 17.6 Å². The fourth-order valence-electron chi connectivity index (χ4n) is 3.67. The Labute approximate surface area is 196 Å². The molecule has 1 saturated heterocycles. The zero-order chi connectivity index (χ0) is 23.9. The van der Waals surface area contributed by atoms with Crippen LogP contribution < -0.4 is 16.0 Å².